The Balaban J connectivity index is -0.0000110. The lowest BCUT2D eigenvalue weighted by Gasteiger charge is -2.33. The second-order valence-corrected chi connectivity index (χ2v) is 15.6. The molecule has 0 saturated carbocycles. The first kappa shape index (κ1) is 52.6. The Bertz CT molecular complexity index is 911. The first-order valence-electron chi connectivity index (χ1n) is 19.9. The van der Waals surface area contributed by atoms with Gasteiger partial charge < -0.3 is 22.5 Å². The van der Waals surface area contributed by atoms with E-state index in [0.717, 1.165) is 77.0 Å². The van der Waals surface area contributed by atoms with Gasteiger partial charge in [-0.25, -0.2) is 0 Å². The van der Waals surface area contributed by atoms with E-state index in [1.54, 1.807) is 0 Å². The maximum Gasteiger partial charge on any atom is 0.325 e. The molecule has 1 atom stereocenters. The summed E-state index contributed by atoms with van der Waals surface area (Å²) in [6.45, 7) is 4.47. The molecule has 0 amide bonds. The second-order valence-electron chi connectivity index (χ2n) is 14.1. The smallest absolute Gasteiger partial charge is 0.325 e. The van der Waals surface area contributed by atoms with Gasteiger partial charge in [0.15, 0.2) is 5.25 Å². The van der Waals surface area contributed by atoms with Gasteiger partial charge in [-0.15, -0.1) is 0 Å². The summed E-state index contributed by atoms with van der Waals surface area (Å²) in [5, 5.41) is 17.6. The van der Waals surface area contributed by atoms with Gasteiger partial charge in [0, 0.05) is 0 Å². The summed E-state index contributed by atoms with van der Waals surface area (Å²) in [6.07, 6.45) is 39.4. The fraction of sp³-hybridized carbons (Fsp3) is 0.850. The molecular weight excluding hydrogens is 653 g/mol. The van der Waals surface area contributed by atoms with E-state index >= 15 is 0 Å². The molecule has 0 aromatic carbocycles. The minimum atomic E-state index is -5.10. The molecule has 9 N–H and O–H groups in total. The van der Waals surface area contributed by atoms with Crippen molar-refractivity contribution in [2.24, 2.45) is 5.41 Å². The van der Waals surface area contributed by atoms with Gasteiger partial charge in [-0.05, 0) is 64.2 Å². The number of allylic oxidation sites excluding steroid dienone is 4. The molecule has 0 bridgehead atoms. The number of carboxylic acid groups (broad SMARTS) is 2. The number of hydrogen-bond donors (Lipinski definition) is 5. The largest absolute Gasteiger partial charge is 0.481 e. The zero-order chi connectivity index (χ0) is 35.8. The third-order valence-corrected chi connectivity index (χ3v) is 11.0. The van der Waals surface area contributed by atoms with Crippen molar-refractivity contribution >= 4 is 22.1 Å². The second kappa shape index (κ2) is 35.6. The fourth-order valence-corrected chi connectivity index (χ4v) is 7.90. The summed E-state index contributed by atoms with van der Waals surface area (Å²) in [6, 6.07) is 0. The van der Waals surface area contributed by atoms with Crippen LogP contribution in [0.3, 0.4) is 0 Å². The predicted octanol–water partition coefficient (Wildman–Crippen LogP) is 12.6. The summed E-state index contributed by atoms with van der Waals surface area (Å²) in [4.78, 5) is 24.6. The topological polar surface area (TPSA) is 199 Å². The van der Waals surface area contributed by atoms with E-state index in [1.807, 2.05) is 0 Å². The van der Waals surface area contributed by atoms with Crippen LogP contribution in [0.5, 0.6) is 0 Å². The van der Waals surface area contributed by atoms with Crippen molar-refractivity contribution in [1.82, 2.24) is 12.3 Å². The predicted molar refractivity (Wildman–Crippen MR) is 211 cm³/mol. The van der Waals surface area contributed by atoms with Gasteiger partial charge in [0.05, 0.1) is 5.41 Å². The van der Waals surface area contributed by atoms with Crippen LogP contribution in [0, 0.1) is 5.41 Å². The molecule has 9 nitrogen and oxygen atoms in total. The van der Waals surface area contributed by atoms with E-state index in [4.69, 9.17) is 0 Å². The van der Waals surface area contributed by atoms with Crippen molar-refractivity contribution < 1.29 is 32.8 Å². The molecule has 0 saturated heterocycles. The lowest BCUT2D eigenvalue weighted by atomic mass is 9.74. The molecule has 298 valence electrons. The molecule has 1 unspecified atom stereocenters. The molecule has 10 heteroatoms. The Morgan fingerprint density at radius 1 is 0.500 bits per heavy atom. The number of unbranched alkanes of at least 4 members (excludes halogenated alkanes) is 24. The molecule has 0 aliphatic carbocycles. The molecule has 0 aliphatic heterocycles. The van der Waals surface area contributed by atoms with E-state index < -0.39 is 32.7 Å². The fourth-order valence-electron chi connectivity index (χ4n) is 6.74. The van der Waals surface area contributed by atoms with Crippen LogP contribution in [-0.2, 0) is 19.7 Å². The molecule has 0 aromatic heterocycles. The highest BCUT2D eigenvalue weighted by molar-refractivity contribution is 7.87. The molecule has 0 heterocycles. The number of carboxylic acids is 2. The Hall–Kier alpha value is -1.75. The quantitative estimate of drug-likeness (QED) is 0.0236. The van der Waals surface area contributed by atoms with Crippen LogP contribution in [-0.4, -0.2) is 40.4 Å². The molecule has 0 spiro atoms. The zero-order valence-corrected chi connectivity index (χ0v) is 33.2. The monoisotopic (exact) mass is 733 g/mol. The van der Waals surface area contributed by atoms with Crippen molar-refractivity contribution in [2.45, 2.75) is 212 Å². The van der Waals surface area contributed by atoms with E-state index in [9.17, 15) is 32.8 Å². The van der Waals surface area contributed by atoms with Crippen LogP contribution in [0.25, 0.3) is 0 Å². The average Bonchev–Trinajstić information content (AvgIpc) is 3.03. The Morgan fingerprint density at radius 2 is 0.760 bits per heavy atom. The summed E-state index contributed by atoms with van der Waals surface area (Å²) in [5.74, 6) is -3.25. The first-order valence-corrected chi connectivity index (χ1v) is 21.4. The Labute approximate surface area is 307 Å². The molecule has 0 fully saturated rings. The van der Waals surface area contributed by atoms with Gasteiger partial charge in [0.1, 0.15) is 0 Å². The number of hydrogen-bond acceptors (Lipinski definition) is 6. The third-order valence-electron chi connectivity index (χ3n) is 9.72. The normalized spacial score (nSPS) is 12.6. The van der Waals surface area contributed by atoms with Gasteiger partial charge >= 0.3 is 11.9 Å². The molecule has 0 aromatic rings. The number of carbonyl (C=O) groups is 2. The maximum absolute atomic E-state index is 12.5. The van der Waals surface area contributed by atoms with E-state index in [1.165, 1.54) is 77.0 Å². The van der Waals surface area contributed by atoms with Crippen LogP contribution in [0.4, 0.5) is 0 Å². The Kier molecular flexibility index (Phi) is 37.5. The van der Waals surface area contributed by atoms with Crippen LogP contribution in [0.1, 0.15) is 206 Å². The highest BCUT2D eigenvalue weighted by Gasteiger charge is 2.55. The summed E-state index contributed by atoms with van der Waals surface area (Å²) < 4.78 is 34.2. The van der Waals surface area contributed by atoms with E-state index in [0.29, 0.717) is 25.7 Å². The van der Waals surface area contributed by atoms with Gasteiger partial charge in [-0.1, -0.05) is 167 Å². The standard InChI is InChI=1S/C40H74O7S.2H3N/c1-3-5-7-9-11-13-15-17-19-21-23-25-27-29-31-33-35-40(39(43)44,37(38(41)42)48(45,46)47)36-34-32-30-28-26-24-22-20-18-16-14-12-10-8-6-4-2;;/h17-20,37H,3-16,21-36H2,1-2H3,(H,41,42)(H,43,44)(H,45,46,47);2*1H3/b19-17-,20-18-;;. The average molecular weight is 733 g/mol. The Morgan fingerprint density at radius 3 is 1.00 bits per heavy atom. The molecule has 0 aliphatic rings. The first-order chi connectivity index (χ1) is 23.1. The molecule has 50 heavy (non-hydrogen) atoms. The van der Waals surface area contributed by atoms with Gasteiger partial charge in [0.2, 0.25) is 0 Å². The summed E-state index contributed by atoms with van der Waals surface area (Å²) in [5.41, 5.74) is -2.04. The molecular formula is C40H80N2O7S. The highest BCUT2D eigenvalue weighted by Crippen LogP contribution is 2.39. The van der Waals surface area contributed by atoms with Gasteiger partial charge in [-0.2, -0.15) is 8.42 Å². The number of aliphatic carboxylic acids is 2. The maximum atomic E-state index is 12.5. The zero-order valence-electron chi connectivity index (χ0n) is 32.4. The summed E-state index contributed by atoms with van der Waals surface area (Å²) in [7, 11) is -5.10. The van der Waals surface area contributed by atoms with Gasteiger partial charge in [0.25, 0.3) is 10.1 Å². The summed E-state index contributed by atoms with van der Waals surface area (Å²) >= 11 is 0. The van der Waals surface area contributed by atoms with Crippen molar-refractivity contribution in [2.75, 3.05) is 0 Å². The van der Waals surface area contributed by atoms with Gasteiger partial charge in [-0.3, -0.25) is 14.1 Å². The minimum absolute atomic E-state index is 0. The SMILES string of the molecule is CCCCCCCC/C=C\CCCCCCCCC(CCCCCCCC/C=C\CCCCCCCC)(C(=O)O)C(C(=O)O)S(=O)(=O)O.N.N. The molecule has 0 rings (SSSR count). The van der Waals surface area contributed by atoms with E-state index in [-0.39, 0.29) is 25.1 Å². The van der Waals surface area contributed by atoms with Crippen molar-refractivity contribution in [3.8, 4) is 0 Å². The van der Waals surface area contributed by atoms with Crippen molar-refractivity contribution in [1.29, 1.82) is 0 Å². The highest BCUT2D eigenvalue weighted by atomic mass is 32.2. The van der Waals surface area contributed by atoms with Crippen molar-refractivity contribution in [3.05, 3.63) is 24.3 Å². The lowest BCUT2D eigenvalue weighted by Crippen LogP contribution is -2.51. The van der Waals surface area contributed by atoms with Crippen LogP contribution in [0.15, 0.2) is 24.3 Å². The lowest BCUT2D eigenvalue weighted by molar-refractivity contribution is -0.156. The third kappa shape index (κ3) is 27.9. The molecule has 0 radical (unpaired) electrons. The van der Waals surface area contributed by atoms with Crippen LogP contribution in [0.2, 0.25) is 0 Å². The van der Waals surface area contributed by atoms with E-state index in [2.05, 4.69) is 38.2 Å². The van der Waals surface area contributed by atoms with Crippen LogP contribution >= 0.6 is 0 Å². The number of rotatable bonds is 36. The van der Waals surface area contributed by atoms with Crippen LogP contribution < -0.4 is 12.3 Å². The minimum Gasteiger partial charge on any atom is -0.481 e. The van der Waals surface area contributed by atoms with Crippen molar-refractivity contribution in [3.63, 3.8) is 0 Å².